The Hall–Kier alpha value is -1.57. The Labute approximate surface area is 137 Å². The van der Waals surface area contributed by atoms with E-state index in [0.29, 0.717) is 19.0 Å². The van der Waals surface area contributed by atoms with Crippen molar-refractivity contribution in [1.82, 2.24) is 15.3 Å². The van der Waals surface area contributed by atoms with Gasteiger partial charge in [-0.15, -0.1) is 0 Å². The minimum atomic E-state index is -4.60. The molecule has 1 heterocycles. The summed E-state index contributed by atoms with van der Waals surface area (Å²) in [6.45, 7) is 3.67. The molecule has 1 amide bonds. The Kier molecular flexibility index (Phi) is 5.33. The lowest BCUT2D eigenvalue weighted by atomic mass is 10.0. The number of amides is 1. The van der Waals surface area contributed by atoms with Gasteiger partial charge < -0.3 is 10.6 Å². The topological polar surface area (TPSA) is 66.9 Å². The molecule has 0 spiro atoms. The van der Waals surface area contributed by atoms with Gasteiger partial charge in [0.05, 0.1) is 5.92 Å². The minimum absolute atomic E-state index is 0.0250. The molecular weight excluding hydrogens is 333 g/mol. The summed E-state index contributed by atoms with van der Waals surface area (Å²) >= 11 is 5.61. The second-order valence-electron chi connectivity index (χ2n) is 5.85. The maximum absolute atomic E-state index is 13.0. The quantitative estimate of drug-likeness (QED) is 0.818. The zero-order valence-corrected chi connectivity index (χ0v) is 13.5. The van der Waals surface area contributed by atoms with Crippen LogP contribution in [0, 0.1) is 5.92 Å². The molecule has 0 bridgehead atoms. The molecule has 2 N–H and O–H groups in total. The van der Waals surface area contributed by atoms with Gasteiger partial charge in [0, 0.05) is 18.3 Å². The van der Waals surface area contributed by atoms with Crippen LogP contribution in [0.4, 0.5) is 19.0 Å². The molecule has 1 saturated carbocycles. The lowest BCUT2D eigenvalue weighted by Crippen LogP contribution is -2.41. The minimum Gasteiger partial charge on any atom is -0.366 e. The van der Waals surface area contributed by atoms with Crippen LogP contribution in [0.1, 0.15) is 38.7 Å². The predicted molar refractivity (Wildman–Crippen MR) is 80.1 cm³/mol. The van der Waals surface area contributed by atoms with E-state index in [0.717, 1.165) is 6.42 Å². The van der Waals surface area contributed by atoms with Crippen molar-refractivity contribution < 1.29 is 18.0 Å². The fourth-order valence-electron chi connectivity index (χ4n) is 2.69. The van der Waals surface area contributed by atoms with Gasteiger partial charge in [-0.05, 0) is 38.3 Å². The van der Waals surface area contributed by atoms with Gasteiger partial charge in [-0.1, -0.05) is 6.42 Å². The zero-order chi connectivity index (χ0) is 17.2. The van der Waals surface area contributed by atoms with Gasteiger partial charge in [0.25, 0.3) is 0 Å². The van der Waals surface area contributed by atoms with E-state index in [2.05, 4.69) is 20.6 Å². The lowest BCUT2D eigenvalue weighted by Gasteiger charge is -2.23. The first-order valence-electron chi connectivity index (χ1n) is 7.35. The Bertz CT molecular complexity index is 580. The number of hydrogen-bond acceptors (Lipinski definition) is 4. The second kappa shape index (κ2) is 6.90. The highest BCUT2D eigenvalue weighted by Crippen LogP contribution is 2.36. The molecule has 0 radical (unpaired) electrons. The molecule has 1 aliphatic carbocycles. The summed E-state index contributed by atoms with van der Waals surface area (Å²) in [5, 5.41) is 5.27. The molecule has 1 fully saturated rings. The fraction of sp³-hybridized carbons (Fsp3) is 0.643. The summed E-state index contributed by atoms with van der Waals surface area (Å²) in [5.74, 6) is -0.942. The number of halogens is 4. The van der Waals surface area contributed by atoms with Crippen molar-refractivity contribution in [3.8, 4) is 0 Å². The van der Waals surface area contributed by atoms with Gasteiger partial charge in [-0.25, -0.2) is 9.97 Å². The first-order valence-corrected chi connectivity index (χ1v) is 7.73. The molecule has 2 atom stereocenters. The summed E-state index contributed by atoms with van der Waals surface area (Å²) in [4.78, 5) is 19.2. The van der Waals surface area contributed by atoms with Crippen molar-refractivity contribution in [1.29, 1.82) is 0 Å². The number of carbonyl (C=O) groups is 1. The Morgan fingerprint density at radius 2 is 2.09 bits per heavy atom. The van der Waals surface area contributed by atoms with Crippen LogP contribution in [0.3, 0.4) is 0 Å². The van der Waals surface area contributed by atoms with Crippen molar-refractivity contribution in [3.05, 3.63) is 17.0 Å². The molecule has 0 aromatic carbocycles. The van der Waals surface area contributed by atoms with E-state index < -0.39 is 23.7 Å². The molecular formula is C14H18ClF3N4O. The second-order valence-corrected chi connectivity index (χ2v) is 6.19. The van der Waals surface area contributed by atoms with Gasteiger partial charge >= 0.3 is 6.18 Å². The van der Waals surface area contributed by atoms with Crippen molar-refractivity contribution in [3.63, 3.8) is 0 Å². The zero-order valence-electron chi connectivity index (χ0n) is 12.7. The monoisotopic (exact) mass is 350 g/mol. The molecule has 128 valence electrons. The third kappa shape index (κ3) is 4.46. The van der Waals surface area contributed by atoms with Crippen molar-refractivity contribution >= 4 is 23.3 Å². The number of rotatable bonds is 4. The van der Waals surface area contributed by atoms with Gasteiger partial charge in [-0.2, -0.15) is 13.2 Å². The van der Waals surface area contributed by atoms with Crippen molar-refractivity contribution in [2.75, 3.05) is 5.32 Å². The van der Waals surface area contributed by atoms with E-state index in [1.54, 1.807) is 0 Å². The molecule has 1 aromatic rings. The Balaban J connectivity index is 2.21. The van der Waals surface area contributed by atoms with E-state index in [9.17, 15) is 18.0 Å². The van der Waals surface area contributed by atoms with Gasteiger partial charge in [0.2, 0.25) is 11.2 Å². The number of nitrogens with zero attached hydrogens (tertiary/aromatic N) is 2. The third-order valence-corrected chi connectivity index (χ3v) is 3.85. The maximum Gasteiger partial charge on any atom is 0.421 e. The van der Waals surface area contributed by atoms with Gasteiger partial charge in [0.1, 0.15) is 11.4 Å². The molecule has 0 saturated heterocycles. The smallest absolute Gasteiger partial charge is 0.366 e. The highest BCUT2D eigenvalue weighted by atomic mass is 35.5. The molecule has 2 rings (SSSR count). The maximum atomic E-state index is 13.0. The van der Waals surface area contributed by atoms with E-state index in [1.165, 1.54) is 0 Å². The summed E-state index contributed by atoms with van der Waals surface area (Å²) in [7, 11) is 0. The summed E-state index contributed by atoms with van der Waals surface area (Å²) < 4.78 is 39.1. The normalized spacial score (nSPS) is 21.5. The van der Waals surface area contributed by atoms with Crippen LogP contribution < -0.4 is 10.6 Å². The van der Waals surface area contributed by atoms with Crippen LogP contribution in [0.15, 0.2) is 6.20 Å². The molecule has 1 aromatic heterocycles. The first-order chi connectivity index (χ1) is 10.7. The van der Waals surface area contributed by atoms with Gasteiger partial charge in [-0.3, -0.25) is 4.79 Å². The predicted octanol–water partition coefficient (Wildman–Crippen LogP) is 3.25. The average Bonchev–Trinajstić information content (AvgIpc) is 2.84. The largest absolute Gasteiger partial charge is 0.421 e. The average molecular weight is 351 g/mol. The van der Waals surface area contributed by atoms with E-state index in [-0.39, 0.29) is 23.1 Å². The van der Waals surface area contributed by atoms with Crippen LogP contribution in [-0.4, -0.2) is 28.0 Å². The van der Waals surface area contributed by atoms with Crippen LogP contribution >= 0.6 is 11.6 Å². The Morgan fingerprint density at radius 1 is 1.39 bits per heavy atom. The molecule has 0 aliphatic heterocycles. The third-order valence-electron chi connectivity index (χ3n) is 3.67. The lowest BCUT2D eigenvalue weighted by molar-refractivity contribution is -0.137. The number of carbonyl (C=O) groups excluding carboxylic acids is 1. The van der Waals surface area contributed by atoms with E-state index in [4.69, 9.17) is 11.6 Å². The standard InChI is InChI=1S/C14H18ClF3N4O/c1-7(2)20-12(23)8-4-3-5-10(8)21-11-9(14(16,17)18)6-19-13(15)22-11/h6-8,10H,3-5H2,1-2H3,(H,20,23)(H,19,21,22)/t8-,10-/m0/s1. The van der Waals surface area contributed by atoms with E-state index in [1.807, 2.05) is 13.8 Å². The molecule has 23 heavy (non-hydrogen) atoms. The first kappa shape index (κ1) is 17.8. The van der Waals surface area contributed by atoms with Crippen LogP contribution in [0.5, 0.6) is 0 Å². The molecule has 0 unspecified atom stereocenters. The van der Waals surface area contributed by atoms with Crippen molar-refractivity contribution in [2.24, 2.45) is 5.92 Å². The number of nitrogens with one attached hydrogen (secondary N) is 2. The van der Waals surface area contributed by atoms with Gasteiger partial charge in [0.15, 0.2) is 0 Å². The number of alkyl halides is 3. The van der Waals surface area contributed by atoms with E-state index >= 15 is 0 Å². The highest BCUT2D eigenvalue weighted by molar-refractivity contribution is 6.28. The SMILES string of the molecule is CC(C)NC(=O)[C@H]1CCC[C@@H]1Nc1nc(Cl)ncc1C(F)(F)F. The fourth-order valence-corrected chi connectivity index (χ4v) is 2.82. The Morgan fingerprint density at radius 3 is 2.70 bits per heavy atom. The van der Waals surface area contributed by atoms with Crippen LogP contribution in [0.2, 0.25) is 5.28 Å². The van der Waals surface area contributed by atoms with Crippen LogP contribution in [-0.2, 0) is 11.0 Å². The molecule has 1 aliphatic rings. The number of anilines is 1. The number of aromatic nitrogens is 2. The van der Waals surface area contributed by atoms with Crippen LogP contribution in [0.25, 0.3) is 0 Å². The molecule has 9 heteroatoms. The summed E-state index contributed by atoms with van der Waals surface area (Å²) in [6, 6.07) is -0.441. The summed E-state index contributed by atoms with van der Waals surface area (Å²) in [5.41, 5.74) is -0.989. The highest BCUT2D eigenvalue weighted by Gasteiger charge is 2.38. The molecule has 5 nitrogen and oxygen atoms in total. The van der Waals surface area contributed by atoms with Crippen molar-refractivity contribution in [2.45, 2.75) is 51.4 Å². The summed E-state index contributed by atoms with van der Waals surface area (Å²) in [6.07, 6.45) is -1.98. The number of hydrogen-bond donors (Lipinski definition) is 2.